The van der Waals surface area contributed by atoms with Crippen LogP contribution in [0.2, 0.25) is 0 Å². The van der Waals surface area contributed by atoms with Crippen LogP contribution in [0.1, 0.15) is 5.82 Å². The molecule has 1 aromatic heterocycles. The zero-order chi connectivity index (χ0) is 19.8. The zero-order valence-corrected chi connectivity index (χ0v) is 14.3. The topological polar surface area (TPSA) is 89.2 Å². The van der Waals surface area contributed by atoms with Crippen LogP contribution >= 0.6 is 0 Å². The highest BCUT2D eigenvalue weighted by Crippen LogP contribution is 2.22. The second kappa shape index (κ2) is 6.72. The van der Waals surface area contributed by atoms with Crippen molar-refractivity contribution in [1.82, 2.24) is 14.3 Å². The third-order valence-electron chi connectivity index (χ3n) is 4.21. The van der Waals surface area contributed by atoms with Gasteiger partial charge >= 0.3 is 11.7 Å². The number of carbonyl (C=O) groups is 2. The van der Waals surface area contributed by atoms with Gasteiger partial charge in [-0.15, -0.1) is 0 Å². The first-order valence-corrected chi connectivity index (χ1v) is 8.24. The van der Waals surface area contributed by atoms with Gasteiger partial charge in [-0.1, -0.05) is 18.2 Å². The second-order valence-corrected chi connectivity index (χ2v) is 6.06. The van der Waals surface area contributed by atoms with Gasteiger partial charge in [-0.05, 0) is 24.3 Å². The van der Waals surface area contributed by atoms with E-state index in [-0.39, 0.29) is 18.1 Å². The lowest BCUT2D eigenvalue weighted by molar-refractivity contribution is -0.117. The van der Waals surface area contributed by atoms with Crippen LogP contribution in [0.3, 0.4) is 0 Å². The smallest absolute Gasteiger partial charge is 0.322 e. The number of benzene rings is 2. The van der Waals surface area contributed by atoms with Gasteiger partial charge < -0.3 is 5.32 Å². The van der Waals surface area contributed by atoms with E-state index in [1.165, 1.54) is 4.90 Å². The van der Waals surface area contributed by atoms with E-state index >= 15 is 0 Å². The third-order valence-corrected chi connectivity index (χ3v) is 4.21. The highest BCUT2D eigenvalue weighted by Gasteiger charge is 2.33. The Morgan fingerprint density at radius 2 is 1.86 bits per heavy atom. The zero-order valence-electron chi connectivity index (χ0n) is 14.3. The fraction of sp³-hybridized carbons (Fsp3) is 0.111. The molecule has 0 saturated heterocycles. The number of carbonyl (C=O) groups excluding carboxylic acids is 2. The van der Waals surface area contributed by atoms with Crippen molar-refractivity contribution in [1.29, 1.82) is 0 Å². The highest BCUT2D eigenvalue weighted by molar-refractivity contribution is 5.96. The Balaban J connectivity index is 1.58. The summed E-state index contributed by atoms with van der Waals surface area (Å²) in [6.07, 6.45) is 0. The summed E-state index contributed by atoms with van der Waals surface area (Å²) in [5, 5.41) is 2.19. The van der Waals surface area contributed by atoms with Crippen LogP contribution in [-0.4, -0.2) is 26.3 Å². The summed E-state index contributed by atoms with van der Waals surface area (Å²) < 4.78 is 28.8. The van der Waals surface area contributed by atoms with Crippen molar-refractivity contribution in [3.05, 3.63) is 76.5 Å². The summed E-state index contributed by atoms with van der Waals surface area (Å²) in [6.45, 7) is -0.513. The van der Waals surface area contributed by atoms with Crippen LogP contribution in [0.15, 0.2) is 53.3 Å². The van der Waals surface area contributed by atoms with Crippen molar-refractivity contribution in [3.8, 4) is 0 Å². The molecule has 8 nitrogen and oxygen atoms in total. The molecule has 28 heavy (non-hydrogen) atoms. The van der Waals surface area contributed by atoms with E-state index in [9.17, 15) is 23.2 Å². The molecule has 0 saturated carbocycles. The molecule has 0 radical (unpaired) electrons. The van der Waals surface area contributed by atoms with E-state index in [4.69, 9.17) is 0 Å². The molecule has 0 bridgehead atoms. The molecule has 1 N–H and O–H groups in total. The molecule has 0 aliphatic carbocycles. The number of rotatable bonds is 4. The van der Waals surface area contributed by atoms with Crippen LogP contribution in [0.25, 0.3) is 0 Å². The van der Waals surface area contributed by atoms with Crippen molar-refractivity contribution in [2.75, 3.05) is 10.2 Å². The Morgan fingerprint density at radius 3 is 2.61 bits per heavy atom. The van der Waals surface area contributed by atoms with Gasteiger partial charge in [-0.2, -0.15) is 9.67 Å². The lowest BCUT2D eigenvalue weighted by atomic mass is 10.3. The number of nitrogens with zero attached hydrogens (tertiary/aromatic N) is 4. The molecule has 4 rings (SSSR count). The molecule has 0 atom stereocenters. The van der Waals surface area contributed by atoms with E-state index < -0.39 is 35.8 Å². The Kier molecular flexibility index (Phi) is 4.22. The largest absolute Gasteiger partial charge is 0.365 e. The van der Waals surface area contributed by atoms with Crippen molar-refractivity contribution in [2.45, 2.75) is 13.1 Å². The molecule has 2 amide bonds. The normalized spacial score (nSPS) is 12.9. The number of fused-ring (bicyclic) bond motifs is 1. The van der Waals surface area contributed by atoms with Gasteiger partial charge in [0.15, 0.2) is 5.82 Å². The third kappa shape index (κ3) is 3.04. The maximum absolute atomic E-state index is 13.7. The summed E-state index contributed by atoms with van der Waals surface area (Å²) in [4.78, 5) is 42.3. The Hall–Kier alpha value is -3.82. The number of amides is 2. The molecular formula is C18H13F2N5O3. The van der Waals surface area contributed by atoms with Crippen LogP contribution in [0.5, 0.6) is 0 Å². The lowest BCUT2D eigenvalue weighted by Crippen LogP contribution is -2.36. The van der Waals surface area contributed by atoms with Crippen LogP contribution in [0.4, 0.5) is 25.0 Å². The summed E-state index contributed by atoms with van der Waals surface area (Å²) in [6, 6.07) is 10.8. The minimum Gasteiger partial charge on any atom is -0.322 e. The standard InChI is InChI=1S/C18H13F2N5O3/c19-11-6-7-13(20)14(8-11)21-16(26)10-24-17(27)22-15-9-23(18(28)25(15)24)12-4-2-1-3-5-12/h1-8H,9-10H2,(H,21,26). The second-order valence-electron chi connectivity index (χ2n) is 6.06. The highest BCUT2D eigenvalue weighted by atomic mass is 19.1. The van der Waals surface area contributed by atoms with Gasteiger partial charge in [0.05, 0.1) is 12.2 Å². The fourth-order valence-electron chi connectivity index (χ4n) is 2.95. The van der Waals surface area contributed by atoms with Gasteiger partial charge in [0.25, 0.3) is 0 Å². The summed E-state index contributed by atoms with van der Waals surface area (Å²) >= 11 is 0. The Labute approximate surface area is 156 Å². The van der Waals surface area contributed by atoms with Crippen molar-refractivity contribution >= 4 is 23.3 Å². The molecular weight excluding hydrogens is 372 g/mol. The number of nitrogens with one attached hydrogen (secondary N) is 1. The quantitative estimate of drug-likeness (QED) is 0.744. The number of aromatic nitrogens is 3. The van der Waals surface area contributed by atoms with Crippen LogP contribution in [0, 0.1) is 11.6 Å². The number of anilines is 2. The van der Waals surface area contributed by atoms with E-state index in [2.05, 4.69) is 10.3 Å². The molecule has 1 aliphatic heterocycles. The SMILES string of the molecule is O=C(Cn1c(=O)nc2n1C(=O)N(c1ccccc1)C2)Nc1cc(F)ccc1F. The van der Waals surface area contributed by atoms with E-state index in [0.717, 1.165) is 27.6 Å². The predicted octanol–water partition coefficient (Wildman–Crippen LogP) is 1.95. The molecule has 0 spiro atoms. The van der Waals surface area contributed by atoms with Gasteiger partial charge in [-0.25, -0.2) is 23.1 Å². The molecule has 1 aliphatic rings. The number of hydrogen-bond acceptors (Lipinski definition) is 4. The Morgan fingerprint density at radius 1 is 1.11 bits per heavy atom. The first kappa shape index (κ1) is 17.6. The summed E-state index contributed by atoms with van der Waals surface area (Å²) in [5.41, 5.74) is -0.536. The molecule has 0 fully saturated rings. The fourth-order valence-corrected chi connectivity index (χ4v) is 2.95. The number of halogens is 2. The van der Waals surface area contributed by atoms with E-state index in [1.54, 1.807) is 30.3 Å². The van der Waals surface area contributed by atoms with E-state index in [1.807, 2.05) is 0 Å². The summed E-state index contributed by atoms with van der Waals surface area (Å²) in [7, 11) is 0. The van der Waals surface area contributed by atoms with E-state index in [0.29, 0.717) is 5.69 Å². The monoisotopic (exact) mass is 385 g/mol. The number of para-hydroxylation sites is 1. The lowest BCUT2D eigenvalue weighted by Gasteiger charge is -2.15. The molecule has 0 unspecified atom stereocenters. The summed E-state index contributed by atoms with van der Waals surface area (Å²) in [5.74, 6) is -2.18. The van der Waals surface area contributed by atoms with Crippen LogP contribution in [-0.2, 0) is 17.9 Å². The van der Waals surface area contributed by atoms with Gasteiger partial charge in [0.1, 0.15) is 18.2 Å². The van der Waals surface area contributed by atoms with Crippen molar-refractivity contribution in [2.24, 2.45) is 0 Å². The van der Waals surface area contributed by atoms with Gasteiger partial charge in [0, 0.05) is 11.8 Å². The van der Waals surface area contributed by atoms with Crippen LogP contribution < -0.4 is 15.9 Å². The minimum atomic E-state index is -0.827. The maximum atomic E-state index is 13.7. The average Bonchev–Trinajstić information content (AvgIpc) is 3.15. The maximum Gasteiger partial charge on any atom is 0.365 e. The average molecular weight is 385 g/mol. The minimum absolute atomic E-state index is 0.0746. The molecule has 3 aromatic rings. The van der Waals surface area contributed by atoms with Crippen molar-refractivity contribution < 1.29 is 18.4 Å². The molecule has 10 heteroatoms. The molecule has 142 valence electrons. The number of hydrogen-bond donors (Lipinski definition) is 1. The first-order valence-electron chi connectivity index (χ1n) is 8.24. The molecule has 2 aromatic carbocycles. The van der Waals surface area contributed by atoms with Gasteiger partial charge in [0.2, 0.25) is 5.91 Å². The predicted molar refractivity (Wildman–Crippen MR) is 94.9 cm³/mol. The van der Waals surface area contributed by atoms with Gasteiger partial charge in [-0.3, -0.25) is 9.69 Å². The Bertz CT molecular complexity index is 1140. The van der Waals surface area contributed by atoms with Crippen molar-refractivity contribution in [3.63, 3.8) is 0 Å². The first-order chi connectivity index (χ1) is 13.4. The molecule has 2 heterocycles.